The Morgan fingerprint density at radius 2 is 1.90 bits per heavy atom. The van der Waals surface area contributed by atoms with Crippen molar-refractivity contribution in [2.45, 2.75) is 66.2 Å². The molecule has 0 saturated carbocycles. The minimum atomic E-state index is -0.624. The summed E-state index contributed by atoms with van der Waals surface area (Å²) in [5.74, 6) is -0.00261. The lowest BCUT2D eigenvalue weighted by Crippen LogP contribution is -2.51. The van der Waals surface area contributed by atoms with E-state index in [0.29, 0.717) is 26.2 Å². The summed E-state index contributed by atoms with van der Waals surface area (Å²) in [6, 6.07) is 0. The van der Waals surface area contributed by atoms with Gasteiger partial charge in [0.2, 0.25) is 5.91 Å². The number of H-pyrrole nitrogens is 1. The van der Waals surface area contributed by atoms with Crippen molar-refractivity contribution in [2.24, 2.45) is 5.92 Å². The molecule has 0 radical (unpaired) electrons. The van der Waals surface area contributed by atoms with E-state index < -0.39 is 11.2 Å². The summed E-state index contributed by atoms with van der Waals surface area (Å²) in [7, 11) is 0. The van der Waals surface area contributed by atoms with Crippen molar-refractivity contribution >= 4 is 17.4 Å². The van der Waals surface area contributed by atoms with Gasteiger partial charge in [0.05, 0.1) is 18.8 Å². The highest BCUT2D eigenvalue weighted by Crippen LogP contribution is 2.20. The predicted molar refractivity (Wildman–Crippen MR) is 114 cm³/mol. The molecule has 0 spiro atoms. The highest BCUT2D eigenvalue weighted by atomic mass is 16.5. The SMILES string of the molecule is CCCCN(C(=O)CN1C[C@H](C)O[C@@H](C)C1)c1c(N)n(CC(C)C)c(=O)[nH]c1=O. The van der Waals surface area contributed by atoms with Crippen LogP contribution in [0.25, 0.3) is 0 Å². The number of anilines is 2. The van der Waals surface area contributed by atoms with E-state index in [1.54, 1.807) is 0 Å². The number of hydrogen-bond acceptors (Lipinski definition) is 6. The van der Waals surface area contributed by atoms with E-state index in [4.69, 9.17) is 10.5 Å². The molecule has 2 atom stereocenters. The van der Waals surface area contributed by atoms with E-state index in [1.807, 2.05) is 39.5 Å². The Morgan fingerprint density at radius 3 is 2.45 bits per heavy atom. The van der Waals surface area contributed by atoms with Crippen LogP contribution in [0.15, 0.2) is 9.59 Å². The molecule has 1 saturated heterocycles. The maximum atomic E-state index is 13.2. The quantitative estimate of drug-likeness (QED) is 0.663. The number of hydrogen-bond donors (Lipinski definition) is 2. The molecule has 9 heteroatoms. The van der Waals surface area contributed by atoms with E-state index >= 15 is 0 Å². The van der Waals surface area contributed by atoms with E-state index in [2.05, 4.69) is 4.98 Å². The number of nitrogens with two attached hydrogens (primary N) is 1. The first-order chi connectivity index (χ1) is 13.6. The second-order valence-electron chi connectivity index (χ2n) is 8.35. The number of nitrogens with one attached hydrogen (secondary N) is 1. The highest BCUT2D eigenvalue weighted by Gasteiger charge is 2.28. The lowest BCUT2D eigenvalue weighted by Gasteiger charge is -2.36. The number of amides is 1. The molecule has 29 heavy (non-hydrogen) atoms. The van der Waals surface area contributed by atoms with E-state index in [-0.39, 0.29) is 42.1 Å². The second-order valence-corrected chi connectivity index (χ2v) is 8.35. The molecule has 1 aliphatic rings. The molecule has 1 amide bonds. The molecule has 1 fully saturated rings. The fourth-order valence-corrected chi connectivity index (χ4v) is 3.75. The van der Waals surface area contributed by atoms with Gasteiger partial charge in [0.1, 0.15) is 5.82 Å². The number of carbonyl (C=O) groups is 1. The summed E-state index contributed by atoms with van der Waals surface area (Å²) in [5.41, 5.74) is 5.13. The average Bonchev–Trinajstić information content (AvgIpc) is 2.60. The van der Waals surface area contributed by atoms with Gasteiger partial charge in [-0.1, -0.05) is 27.2 Å². The van der Waals surface area contributed by atoms with Gasteiger partial charge in [-0.25, -0.2) is 4.79 Å². The molecule has 0 aliphatic carbocycles. The molecule has 1 aromatic heterocycles. The third-order valence-corrected chi connectivity index (χ3v) is 4.92. The smallest absolute Gasteiger partial charge is 0.330 e. The normalized spacial score (nSPS) is 20.2. The first-order valence-corrected chi connectivity index (χ1v) is 10.4. The van der Waals surface area contributed by atoms with Crippen LogP contribution in [0, 0.1) is 5.92 Å². The van der Waals surface area contributed by atoms with Gasteiger partial charge in [-0.3, -0.25) is 24.0 Å². The number of unbranched alkanes of at least 4 members (excludes halogenated alkanes) is 1. The monoisotopic (exact) mass is 409 g/mol. The zero-order valence-electron chi connectivity index (χ0n) is 18.2. The van der Waals surface area contributed by atoms with Crippen LogP contribution in [0.2, 0.25) is 0 Å². The number of aromatic amines is 1. The zero-order chi connectivity index (χ0) is 21.7. The molecule has 9 nitrogen and oxygen atoms in total. The van der Waals surface area contributed by atoms with Crippen LogP contribution < -0.4 is 21.9 Å². The first-order valence-electron chi connectivity index (χ1n) is 10.4. The molecule has 1 aliphatic heterocycles. The standard InChI is InChI=1S/C20H35N5O4/c1-6-7-8-24(16(26)12-23-10-14(4)29-15(5)11-23)17-18(21)25(9-13(2)3)20(28)22-19(17)27/h13-15H,6-12,21H2,1-5H3,(H,22,27,28)/t14-,15-/m0/s1. The second kappa shape index (κ2) is 10.1. The maximum Gasteiger partial charge on any atom is 0.330 e. The summed E-state index contributed by atoms with van der Waals surface area (Å²) in [6.45, 7) is 12.1. The number of nitrogens with zero attached hydrogens (tertiary/aromatic N) is 3. The molecule has 0 aromatic carbocycles. The van der Waals surface area contributed by atoms with Crippen LogP contribution >= 0.6 is 0 Å². The molecule has 0 bridgehead atoms. The Balaban J connectivity index is 2.37. The Bertz CT molecular complexity index is 806. The molecule has 2 heterocycles. The number of morpholine rings is 1. The summed E-state index contributed by atoms with van der Waals surface area (Å²) >= 11 is 0. The van der Waals surface area contributed by atoms with Gasteiger partial charge in [-0.15, -0.1) is 0 Å². The number of ether oxygens (including phenoxy) is 1. The minimum Gasteiger partial charge on any atom is -0.383 e. The summed E-state index contributed by atoms with van der Waals surface area (Å²) in [4.78, 5) is 43.9. The zero-order valence-corrected chi connectivity index (χ0v) is 18.2. The van der Waals surface area contributed by atoms with Crippen molar-refractivity contribution in [1.82, 2.24) is 14.5 Å². The fourth-order valence-electron chi connectivity index (χ4n) is 3.75. The highest BCUT2D eigenvalue weighted by molar-refractivity contribution is 5.96. The van der Waals surface area contributed by atoms with Gasteiger partial charge in [0.15, 0.2) is 5.69 Å². The Kier molecular flexibility index (Phi) is 8.04. The molecule has 1 aromatic rings. The fraction of sp³-hybridized carbons (Fsp3) is 0.750. The molecule has 3 N–H and O–H groups in total. The third-order valence-electron chi connectivity index (χ3n) is 4.92. The van der Waals surface area contributed by atoms with Crippen LogP contribution in [-0.2, 0) is 16.1 Å². The number of aromatic nitrogens is 2. The van der Waals surface area contributed by atoms with Gasteiger partial charge < -0.3 is 15.4 Å². The average molecular weight is 410 g/mol. The Hall–Kier alpha value is -2.13. The number of rotatable bonds is 8. The van der Waals surface area contributed by atoms with Gasteiger partial charge in [0.25, 0.3) is 5.56 Å². The van der Waals surface area contributed by atoms with Crippen molar-refractivity contribution in [1.29, 1.82) is 0 Å². The predicted octanol–water partition coefficient (Wildman–Crippen LogP) is 1.02. The van der Waals surface area contributed by atoms with E-state index in [0.717, 1.165) is 12.8 Å². The van der Waals surface area contributed by atoms with Crippen LogP contribution in [0.5, 0.6) is 0 Å². The van der Waals surface area contributed by atoms with Gasteiger partial charge in [-0.2, -0.15) is 0 Å². The first kappa shape index (κ1) is 23.2. The van der Waals surface area contributed by atoms with Crippen molar-refractivity contribution in [3.05, 3.63) is 20.8 Å². The van der Waals surface area contributed by atoms with Gasteiger partial charge in [0, 0.05) is 26.2 Å². The van der Waals surface area contributed by atoms with Gasteiger partial charge in [-0.05, 0) is 26.2 Å². The van der Waals surface area contributed by atoms with Crippen molar-refractivity contribution in [2.75, 3.05) is 36.8 Å². The molecule has 164 valence electrons. The third kappa shape index (κ3) is 5.93. The molecule has 0 unspecified atom stereocenters. The van der Waals surface area contributed by atoms with Crippen molar-refractivity contribution in [3.8, 4) is 0 Å². The van der Waals surface area contributed by atoms with Crippen LogP contribution in [0.3, 0.4) is 0 Å². The Morgan fingerprint density at radius 1 is 1.28 bits per heavy atom. The minimum absolute atomic E-state index is 0.0389. The van der Waals surface area contributed by atoms with E-state index in [1.165, 1.54) is 9.47 Å². The molecule has 2 rings (SSSR count). The maximum absolute atomic E-state index is 13.2. The van der Waals surface area contributed by atoms with Gasteiger partial charge >= 0.3 is 5.69 Å². The van der Waals surface area contributed by atoms with Crippen LogP contribution in [0.4, 0.5) is 11.5 Å². The topological polar surface area (TPSA) is 114 Å². The van der Waals surface area contributed by atoms with Crippen molar-refractivity contribution in [3.63, 3.8) is 0 Å². The van der Waals surface area contributed by atoms with Crippen LogP contribution in [-0.4, -0.2) is 58.7 Å². The number of carbonyl (C=O) groups excluding carboxylic acids is 1. The summed E-state index contributed by atoms with van der Waals surface area (Å²) < 4.78 is 7.07. The summed E-state index contributed by atoms with van der Waals surface area (Å²) in [6.07, 6.45) is 1.66. The van der Waals surface area contributed by atoms with E-state index in [9.17, 15) is 14.4 Å². The largest absolute Gasteiger partial charge is 0.383 e. The van der Waals surface area contributed by atoms with Crippen molar-refractivity contribution < 1.29 is 9.53 Å². The molecular formula is C20H35N5O4. The lowest BCUT2D eigenvalue weighted by molar-refractivity contribution is -0.123. The number of nitrogen functional groups attached to an aromatic ring is 1. The van der Waals surface area contributed by atoms with Crippen LogP contribution in [0.1, 0.15) is 47.5 Å². The summed E-state index contributed by atoms with van der Waals surface area (Å²) in [5, 5.41) is 0. The molecular weight excluding hydrogens is 374 g/mol. The lowest BCUT2D eigenvalue weighted by atomic mass is 10.2. The Labute approximate surface area is 171 Å².